The van der Waals surface area contributed by atoms with Crippen LogP contribution in [0.25, 0.3) is 11.1 Å². The summed E-state index contributed by atoms with van der Waals surface area (Å²) in [5.74, 6) is -0.0129. The standard InChI is InChI=1S/C20H20N2O2/c1-3-17-19(23)18(16-12-8-7-9-14(16)2)20(24)22(21-17)13-15-10-5-4-6-11-15/h4-12,23H,3,13H2,1-2H3. The molecule has 122 valence electrons. The van der Waals surface area contributed by atoms with E-state index in [-0.39, 0.29) is 11.3 Å². The molecule has 0 amide bonds. The third-order valence-corrected chi connectivity index (χ3v) is 4.12. The van der Waals surface area contributed by atoms with E-state index in [9.17, 15) is 9.90 Å². The molecule has 0 fully saturated rings. The van der Waals surface area contributed by atoms with Gasteiger partial charge >= 0.3 is 0 Å². The van der Waals surface area contributed by atoms with Gasteiger partial charge in [-0.3, -0.25) is 4.79 Å². The lowest BCUT2D eigenvalue weighted by Crippen LogP contribution is -2.26. The largest absolute Gasteiger partial charge is 0.505 e. The van der Waals surface area contributed by atoms with Crippen LogP contribution in [0.4, 0.5) is 0 Å². The zero-order valence-corrected chi connectivity index (χ0v) is 13.9. The number of hydrogen-bond acceptors (Lipinski definition) is 3. The first-order valence-corrected chi connectivity index (χ1v) is 8.04. The Kier molecular flexibility index (Phi) is 4.47. The smallest absolute Gasteiger partial charge is 0.278 e. The van der Waals surface area contributed by atoms with E-state index in [2.05, 4.69) is 5.10 Å². The van der Waals surface area contributed by atoms with Crippen molar-refractivity contribution in [2.75, 3.05) is 0 Å². The van der Waals surface area contributed by atoms with Crippen LogP contribution in [-0.4, -0.2) is 14.9 Å². The maximum absolute atomic E-state index is 13.0. The lowest BCUT2D eigenvalue weighted by atomic mass is 10.00. The van der Waals surface area contributed by atoms with Crippen molar-refractivity contribution in [3.8, 4) is 16.9 Å². The second-order valence-corrected chi connectivity index (χ2v) is 5.79. The Morgan fingerprint density at radius 2 is 1.71 bits per heavy atom. The zero-order valence-electron chi connectivity index (χ0n) is 13.9. The van der Waals surface area contributed by atoms with Crippen LogP contribution in [0.3, 0.4) is 0 Å². The topological polar surface area (TPSA) is 55.1 Å². The quantitative estimate of drug-likeness (QED) is 0.800. The lowest BCUT2D eigenvalue weighted by Gasteiger charge is -2.14. The Morgan fingerprint density at radius 3 is 2.38 bits per heavy atom. The Hall–Kier alpha value is -2.88. The van der Waals surface area contributed by atoms with E-state index in [1.807, 2.05) is 68.4 Å². The van der Waals surface area contributed by atoms with Crippen LogP contribution in [0.2, 0.25) is 0 Å². The van der Waals surface area contributed by atoms with Crippen LogP contribution in [-0.2, 0) is 13.0 Å². The molecule has 0 atom stereocenters. The first-order chi connectivity index (χ1) is 11.6. The molecule has 0 aliphatic heterocycles. The van der Waals surface area contributed by atoms with Gasteiger partial charge in [-0.25, -0.2) is 4.68 Å². The van der Waals surface area contributed by atoms with E-state index in [1.165, 1.54) is 4.68 Å². The normalized spacial score (nSPS) is 10.8. The fraction of sp³-hybridized carbons (Fsp3) is 0.200. The molecule has 1 aromatic heterocycles. The molecule has 1 heterocycles. The summed E-state index contributed by atoms with van der Waals surface area (Å²) in [6.45, 7) is 4.23. The van der Waals surface area contributed by atoms with Gasteiger partial charge < -0.3 is 5.11 Å². The Bertz CT molecular complexity index is 915. The molecule has 4 nitrogen and oxygen atoms in total. The Balaban J connectivity index is 2.20. The van der Waals surface area contributed by atoms with Crippen molar-refractivity contribution in [1.82, 2.24) is 9.78 Å². The summed E-state index contributed by atoms with van der Waals surface area (Å²) >= 11 is 0. The third-order valence-electron chi connectivity index (χ3n) is 4.12. The summed E-state index contributed by atoms with van der Waals surface area (Å²) in [6, 6.07) is 17.3. The Morgan fingerprint density at radius 1 is 1.04 bits per heavy atom. The van der Waals surface area contributed by atoms with Crippen LogP contribution in [0.5, 0.6) is 5.75 Å². The summed E-state index contributed by atoms with van der Waals surface area (Å²) < 4.78 is 1.44. The second-order valence-electron chi connectivity index (χ2n) is 5.79. The molecule has 0 saturated heterocycles. The number of aryl methyl sites for hydroxylation is 2. The molecular formula is C20H20N2O2. The van der Waals surface area contributed by atoms with Crippen LogP contribution in [0, 0.1) is 6.92 Å². The summed E-state index contributed by atoms with van der Waals surface area (Å²) in [7, 11) is 0. The van der Waals surface area contributed by atoms with Crippen LogP contribution in [0.1, 0.15) is 23.7 Å². The van der Waals surface area contributed by atoms with Crippen molar-refractivity contribution in [3.63, 3.8) is 0 Å². The average Bonchev–Trinajstić information content (AvgIpc) is 2.60. The molecule has 3 rings (SSSR count). The molecule has 0 saturated carbocycles. The van der Waals surface area contributed by atoms with Gasteiger partial charge in [0, 0.05) is 0 Å². The highest BCUT2D eigenvalue weighted by atomic mass is 16.3. The number of nitrogens with zero attached hydrogens (tertiary/aromatic N) is 2. The maximum atomic E-state index is 13.0. The highest BCUT2D eigenvalue weighted by Crippen LogP contribution is 2.30. The SMILES string of the molecule is CCc1nn(Cc2ccccc2)c(=O)c(-c2ccccc2C)c1O. The van der Waals surface area contributed by atoms with Crippen molar-refractivity contribution < 1.29 is 5.11 Å². The molecule has 2 aromatic carbocycles. The van der Waals surface area contributed by atoms with Crippen molar-refractivity contribution in [2.24, 2.45) is 0 Å². The first kappa shape index (κ1) is 16.0. The summed E-state index contributed by atoms with van der Waals surface area (Å²) in [6.07, 6.45) is 0.555. The van der Waals surface area contributed by atoms with Crippen molar-refractivity contribution >= 4 is 0 Å². The predicted octanol–water partition coefficient (Wildman–Crippen LogP) is 3.54. The number of hydrogen-bond donors (Lipinski definition) is 1. The van der Waals surface area contributed by atoms with Gasteiger partial charge in [0.15, 0.2) is 5.75 Å². The fourth-order valence-electron chi connectivity index (χ4n) is 2.81. The van der Waals surface area contributed by atoms with Crippen LogP contribution >= 0.6 is 0 Å². The minimum atomic E-state index is -0.275. The van der Waals surface area contributed by atoms with E-state index >= 15 is 0 Å². The lowest BCUT2D eigenvalue weighted by molar-refractivity contribution is 0.454. The molecular weight excluding hydrogens is 300 g/mol. The van der Waals surface area contributed by atoms with Crippen LogP contribution < -0.4 is 5.56 Å². The molecule has 0 aliphatic rings. The van der Waals surface area contributed by atoms with Gasteiger partial charge in [0.25, 0.3) is 5.56 Å². The van der Waals surface area contributed by atoms with Crippen molar-refractivity contribution in [1.29, 1.82) is 0 Å². The minimum Gasteiger partial charge on any atom is -0.505 e. The average molecular weight is 320 g/mol. The highest BCUT2D eigenvalue weighted by Gasteiger charge is 2.18. The molecule has 1 N–H and O–H groups in total. The molecule has 4 heteroatoms. The number of benzene rings is 2. The minimum absolute atomic E-state index is 0.0129. The van der Waals surface area contributed by atoms with Crippen LogP contribution in [0.15, 0.2) is 59.4 Å². The molecule has 0 unspecified atom stereocenters. The molecule has 3 aromatic rings. The van der Waals surface area contributed by atoms with Crippen molar-refractivity contribution in [3.05, 3.63) is 81.8 Å². The van der Waals surface area contributed by atoms with Crippen molar-refractivity contribution in [2.45, 2.75) is 26.8 Å². The van der Waals surface area contributed by atoms with Gasteiger partial charge in [0.05, 0.1) is 12.1 Å². The van der Waals surface area contributed by atoms with Gasteiger partial charge in [0.1, 0.15) is 5.69 Å². The Labute approximate surface area is 141 Å². The van der Waals surface area contributed by atoms with Gasteiger partial charge in [-0.1, -0.05) is 61.5 Å². The molecule has 24 heavy (non-hydrogen) atoms. The third kappa shape index (κ3) is 2.95. The number of aromatic nitrogens is 2. The summed E-state index contributed by atoms with van der Waals surface area (Å²) in [5.41, 5.74) is 3.28. The van der Waals surface area contributed by atoms with E-state index in [4.69, 9.17) is 0 Å². The number of aromatic hydroxyl groups is 1. The highest BCUT2D eigenvalue weighted by molar-refractivity contribution is 5.72. The number of rotatable bonds is 4. The molecule has 0 bridgehead atoms. The first-order valence-electron chi connectivity index (χ1n) is 8.04. The van der Waals surface area contributed by atoms with E-state index in [1.54, 1.807) is 0 Å². The van der Waals surface area contributed by atoms with E-state index < -0.39 is 0 Å². The van der Waals surface area contributed by atoms with Gasteiger partial charge in [0.2, 0.25) is 0 Å². The summed E-state index contributed by atoms with van der Waals surface area (Å²) in [5, 5.41) is 14.9. The van der Waals surface area contributed by atoms with E-state index in [0.29, 0.717) is 24.2 Å². The second kappa shape index (κ2) is 6.71. The van der Waals surface area contributed by atoms with Gasteiger partial charge in [-0.2, -0.15) is 5.10 Å². The van der Waals surface area contributed by atoms with Gasteiger partial charge in [-0.15, -0.1) is 0 Å². The predicted molar refractivity (Wildman–Crippen MR) is 95.3 cm³/mol. The van der Waals surface area contributed by atoms with Gasteiger partial charge in [-0.05, 0) is 30.0 Å². The molecule has 0 aliphatic carbocycles. The zero-order chi connectivity index (χ0) is 17.1. The monoisotopic (exact) mass is 320 g/mol. The van der Waals surface area contributed by atoms with E-state index in [0.717, 1.165) is 16.7 Å². The molecule has 0 radical (unpaired) electrons. The fourth-order valence-corrected chi connectivity index (χ4v) is 2.81. The molecule has 0 spiro atoms. The maximum Gasteiger partial charge on any atom is 0.278 e. The summed E-state index contributed by atoms with van der Waals surface area (Å²) in [4.78, 5) is 13.0.